The fraction of sp³-hybridized carbons (Fsp3) is 0.367. The monoisotopic (exact) mass is 575 g/mol. The lowest BCUT2D eigenvalue weighted by atomic mass is 10.0. The highest BCUT2D eigenvalue weighted by atomic mass is 19.2. The molecule has 2 saturated heterocycles. The van der Waals surface area contributed by atoms with Crippen LogP contribution in [0.2, 0.25) is 0 Å². The van der Waals surface area contributed by atoms with E-state index in [4.69, 9.17) is 14.3 Å². The molecule has 3 aliphatic rings. The lowest BCUT2D eigenvalue weighted by Gasteiger charge is -2.36. The number of nitrogens with zero attached hydrogens (tertiary/aromatic N) is 6. The Morgan fingerprint density at radius 2 is 2.00 bits per heavy atom. The van der Waals surface area contributed by atoms with Gasteiger partial charge < -0.3 is 19.7 Å². The van der Waals surface area contributed by atoms with Gasteiger partial charge in [0.1, 0.15) is 17.9 Å². The third kappa shape index (κ3) is 4.90. The Kier molecular flexibility index (Phi) is 6.66. The van der Waals surface area contributed by atoms with Crippen molar-refractivity contribution < 1.29 is 23.1 Å². The summed E-state index contributed by atoms with van der Waals surface area (Å²) in [4.78, 5) is 17.0. The second-order valence-corrected chi connectivity index (χ2v) is 10.9. The van der Waals surface area contributed by atoms with Crippen molar-refractivity contribution in [2.75, 3.05) is 48.7 Å². The van der Waals surface area contributed by atoms with Gasteiger partial charge in [0.2, 0.25) is 0 Å². The number of hydrogen-bond donors (Lipinski definition) is 1. The highest BCUT2D eigenvalue weighted by Gasteiger charge is 2.47. The van der Waals surface area contributed by atoms with E-state index < -0.39 is 17.7 Å². The van der Waals surface area contributed by atoms with Crippen molar-refractivity contribution in [2.24, 2.45) is 7.05 Å². The second kappa shape index (κ2) is 10.5. The fourth-order valence-electron chi connectivity index (χ4n) is 5.81. The number of rotatable bonds is 7. The molecule has 2 aromatic heterocycles. The average Bonchev–Trinajstić information content (AvgIpc) is 3.35. The van der Waals surface area contributed by atoms with Gasteiger partial charge in [-0.3, -0.25) is 9.52 Å². The number of hydrogen-bond acceptors (Lipinski definition) is 9. The average molecular weight is 576 g/mol. The van der Waals surface area contributed by atoms with Crippen LogP contribution in [0, 0.1) is 11.6 Å². The topological polar surface area (TPSA) is 89.8 Å². The summed E-state index contributed by atoms with van der Waals surface area (Å²) >= 11 is 0. The first-order valence-corrected chi connectivity index (χ1v) is 14.0. The molecule has 10 nitrogen and oxygen atoms in total. The van der Waals surface area contributed by atoms with Gasteiger partial charge in [-0.05, 0) is 25.0 Å². The van der Waals surface area contributed by atoms with Crippen LogP contribution in [0.3, 0.4) is 0 Å². The molecule has 0 radical (unpaired) electrons. The van der Waals surface area contributed by atoms with Gasteiger partial charge in [0.25, 0.3) is 0 Å². The van der Waals surface area contributed by atoms with Crippen LogP contribution in [0.1, 0.15) is 30.9 Å². The minimum absolute atomic E-state index is 0.0457. The van der Waals surface area contributed by atoms with Gasteiger partial charge in [-0.25, -0.2) is 23.8 Å². The standard InChI is InChI=1S/C30H31F2N7O3/c1-37-16-19(15-35-37)21-12-23(26(40-2)13-25(21)38-9-11-41-30(17-38)7-8-30)36-27-14-28(34-18-33-27)39-24(6-10-42-39)20-4-3-5-22(31)29(20)32/h3-5,12-16,18,24H,6-11,17H2,1-2H3,(H,33,34,36)/t24-/m1/s1. The Morgan fingerprint density at radius 1 is 1.12 bits per heavy atom. The third-order valence-corrected chi connectivity index (χ3v) is 8.12. The minimum Gasteiger partial charge on any atom is -0.494 e. The summed E-state index contributed by atoms with van der Waals surface area (Å²) in [6.07, 6.45) is 7.88. The van der Waals surface area contributed by atoms with Gasteiger partial charge in [-0.2, -0.15) is 5.10 Å². The number of aryl methyl sites for hydroxylation is 1. The first-order chi connectivity index (χ1) is 20.4. The van der Waals surface area contributed by atoms with Gasteiger partial charge >= 0.3 is 0 Å². The molecule has 0 bridgehead atoms. The van der Waals surface area contributed by atoms with E-state index in [9.17, 15) is 8.78 Å². The molecule has 1 saturated carbocycles. The Hall–Kier alpha value is -4.29. The lowest BCUT2D eigenvalue weighted by Crippen LogP contribution is -2.44. The number of benzene rings is 2. The lowest BCUT2D eigenvalue weighted by molar-refractivity contribution is 0.0206. The molecule has 218 valence electrons. The SMILES string of the molecule is COc1cc(N2CCOC3(CC3)C2)c(-c2cnn(C)c2)cc1Nc1cc(N2OCC[C@@H]2c2cccc(F)c2F)ncn1. The van der Waals surface area contributed by atoms with Crippen molar-refractivity contribution >= 4 is 23.0 Å². The molecule has 1 atom stereocenters. The summed E-state index contributed by atoms with van der Waals surface area (Å²) in [6.45, 7) is 2.63. The number of halogens is 2. The summed E-state index contributed by atoms with van der Waals surface area (Å²) in [5.74, 6) is -0.226. The van der Waals surface area contributed by atoms with Crippen molar-refractivity contribution in [1.82, 2.24) is 19.7 Å². The maximum Gasteiger partial charge on any atom is 0.164 e. The Balaban J connectivity index is 1.22. The first kappa shape index (κ1) is 26.6. The number of ether oxygens (including phenoxy) is 2. The van der Waals surface area contributed by atoms with Crippen LogP contribution in [0.15, 0.2) is 55.1 Å². The molecule has 0 amide bonds. The van der Waals surface area contributed by atoms with Gasteiger partial charge in [0, 0.05) is 67.3 Å². The van der Waals surface area contributed by atoms with Crippen molar-refractivity contribution in [2.45, 2.75) is 30.9 Å². The maximum absolute atomic E-state index is 14.7. The van der Waals surface area contributed by atoms with Crippen LogP contribution in [0.5, 0.6) is 5.75 Å². The van der Waals surface area contributed by atoms with Gasteiger partial charge in [0.15, 0.2) is 17.5 Å². The fourth-order valence-corrected chi connectivity index (χ4v) is 5.81. The van der Waals surface area contributed by atoms with E-state index in [-0.39, 0.29) is 11.2 Å². The molecule has 1 N–H and O–H groups in total. The quantitative estimate of drug-likeness (QED) is 0.321. The van der Waals surface area contributed by atoms with Gasteiger partial charge in [-0.15, -0.1) is 0 Å². The number of methoxy groups -OCH3 is 1. The van der Waals surface area contributed by atoms with Crippen molar-refractivity contribution in [3.8, 4) is 16.9 Å². The summed E-state index contributed by atoms with van der Waals surface area (Å²) < 4.78 is 42.3. The van der Waals surface area contributed by atoms with E-state index >= 15 is 0 Å². The predicted octanol–water partition coefficient (Wildman–Crippen LogP) is 5.16. The number of morpholine rings is 1. The normalized spacial score (nSPS) is 19.4. The van der Waals surface area contributed by atoms with E-state index in [0.717, 1.165) is 48.8 Å². The highest BCUT2D eigenvalue weighted by molar-refractivity contribution is 5.85. The number of nitrogens with one attached hydrogen (secondary N) is 1. The first-order valence-electron chi connectivity index (χ1n) is 14.0. The van der Waals surface area contributed by atoms with E-state index in [0.29, 0.717) is 42.7 Å². The van der Waals surface area contributed by atoms with E-state index in [1.165, 1.54) is 17.5 Å². The molecule has 4 heterocycles. The van der Waals surface area contributed by atoms with Gasteiger partial charge in [-0.1, -0.05) is 12.1 Å². The molecule has 7 rings (SSSR count). The molecular weight excluding hydrogens is 544 g/mol. The third-order valence-electron chi connectivity index (χ3n) is 8.12. The van der Waals surface area contributed by atoms with Crippen molar-refractivity contribution in [3.63, 3.8) is 0 Å². The Labute approximate surface area is 241 Å². The van der Waals surface area contributed by atoms with Gasteiger partial charge in [0.05, 0.1) is 43.9 Å². The zero-order valence-electron chi connectivity index (χ0n) is 23.4. The molecule has 3 fully saturated rings. The molecular formula is C30H31F2N7O3. The molecule has 2 aromatic carbocycles. The smallest absolute Gasteiger partial charge is 0.164 e. The van der Waals surface area contributed by atoms with Crippen LogP contribution in [-0.2, 0) is 16.6 Å². The summed E-state index contributed by atoms with van der Waals surface area (Å²) in [5.41, 5.74) is 3.90. The zero-order chi connectivity index (χ0) is 28.8. The Morgan fingerprint density at radius 3 is 2.79 bits per heavy atom. The van der Waals surface area contributed by atoms with Crippen molar-refractivity contribution in [1.29, 1.82) is 0 Å². The molecule has 1 spiro atoms. The Bertz CT molecular complexity index is 1630. The summed E-state index contributed by atoms with van der Waals surface area (Å²) in [5, 5.41) is 9.29. The maximum atomic E-state index is 14.7. The highest BCUT2D eigenvalue weighted by Crippen LogP contribution is 2.46. The summed E-state index contributed by atoms with van der Waals surface area (Å²) in [7, 11) is 3.53. The van der Waals surface area contributed by atoms with E-state index in [1.54, 1.807) is 23.9 Å². The molecule has 1 aliphatic carbocycles. The van der Waals surface area contributed by atoms with Crippen LogP contribution in [0.25, 0.3) is 11.1 Å². The molecule has 2 aliphatic heterocycles. The molecule has 42 heavy (non-hydrogen) atoms. The van der Waals surface area contributed by atoms with E-state index in [2.05, 4.69) is 25.3 Å². The van der Waals surface area contributed by atoms with E-state index in [1.807, 2.05) is 31.6 Å². The second-order valence-electron chi connectivity index (χ2n) is 10.9. The van der Waals surface area contributed by atoms with Crippen LogP contribution in [0.4, 0.5) is 31.8 Å². The van der Waals surface area contributed by atoms with Crippen LogP contribution >= 0.6 is 0 Å². The molecule has 4 aromatic rings. The van der Waals surface area contributed by atoms with Crippen molar-refractivity contribution in [3.05, 3.63) is 72.3 Å². The largest absolute Gasteiger partial charge is 0.494 e. The number of anilines is 4. The predicted molar refractivity (Wildman–Crippen MR) is 153 cm³/mol. The van der Waals surface area contributed by atoms with Crippen LogP contribution < -0.4 is 20.0 Å². The van der Waals surface area contributed by atoms with Crippen LogP contribution in [-0.4, -0.2) is 58.8 Å². The zero-order valence-corrected chi connectivity index (χ0v) is 23.4. The molecule has 0 unspecified atom stereocenters. The minimum atomic E-state index is -0.895. The summed E-state index contributed by atoms with van der Waals surface area (Å²) in [6, 6.07) is 9.43. The molecule has 12 heteroatoms. The number of hydroxylamine groups is 1. The number of aromatic nitrogens is 4.